The first-order valence-corrected chi connectivity index (χ1v) is 10.5. The number of benzene rings is 1. The predicted molar refractivity (Wildman–Crippen MR) is 113 cm³/mol. The average molecular weight is 412 g/mol. The van der Waals surface area contributed by atoms with Gasteiger partial charge < -0.3 is 18.9 Å². The van der Waals surface area contributed by atoms with E-state index in [9.17, 15) is 0 Å². The van der Waals surface area contributed by atoms with Crippen molar-refractivity contribution in [2.24, 2.45) is 0 Å². The largest absolute Gasteiger partial charge is 0.419 e. The third-order valence-corrected chi connectivity index (χ3v) is 5.80. The van der Waals surface area contributed by atoms with Gasteiger partial charge in [0.2, 0.25) is 5.89 Å². The quantitative estimate of drug-likeness (QED) is 0.605. The lowest BCUT2D eigenvalue weighted by Gasteiger charge is -2.36. The minimum absolute atomic E-state index is 0.250. The van der Waals surface area contributed by atoms with E-state index in [0.717, 1.165) is 55.7 Å². The minimum Gasteiger partial charge on any atom is -0.419 e. The number of piperidine rings is 1. The second-order valence-electron chi connectivity index (χ2n) is 7.89. The molecule has 0 bridgehead atoms. The summed E-state index contributed by atoms with van der Waals surface area (Å²) in [4.78, 5) is 4.71. The molecule has 0 radical (unpaired) electrons. The Balaban J connectivity index is 1.40. The van der Waals surface area contributed by atoms with Gasteiger partial charge in [-0.1, -0.05) is 35.5 Å². The smallest absolute Gasteiger partial charge is 0.253 e. The highest BCUT2D eigenvalue weighted by Crippen LogP contribution is 2.33. The van der Waals surface area contributed by atoms with Crippen molar-refractivity contribution in [1.29, 1.82) is 0 Å². The molecule has 4 rings (SSSR count). The van der Waals surface area contributed by atoms with Crippen molar-refractivity contribution >= 4 is 0 Å². The van der Waals surface area contributed by atoms with Crippen LogP contribution < -0.4 is 0 Å². The highest BCUT2D eigenvalue weighted by atomic mass is 16.5. The molecule has 8 nitrogen and oxygen atoms in total. The molecule has 1 aliphatic heterocycles. The van der Waals surface area contributed by atoms with E-state index in [0.29, 0.717) is 30.1 Å². The van der Waals surface area contributed by atoms with Crippen LogP contribution in [0.25, 0.3) is 22.7 Å². The van der Waals surface area contributed by atoms with Crippen LogP contribution in [-0.4, -0.2) is 69.6 Å². The fourth-order valence-electron chi connectivity index (χ4n) is 4.05. The summed E-state index contributed by atoms with van der Waals surface area (Å²) in [6.07, 6.45) is 3.03. The van der Waals surface area contributed by atoms with Crippen LogP contribution in [0.1, 0.15) is 30.9 Å². The van der Waals surface area contributed by atoms with Crippen LogP contribution in [0.2, 0.25) is 0 Å². The van der Waals surface area contributed by atoms with Crippen LogP contribution in [-0.2, 0) is 6.54 Å². The molecule has 1 aliphatic rings. The van der Waals surface area contributed by atoms with E-state index in [2.05, 4.69) is 32.2 Å². The highest BCUT2D eigenvalue weighted by Gasteiger charge is 2.25. The maximum absolute atomic E-state index is 9.02. The number of hydrogen-bond acceptors (Lipinski definition) is 8. The summed E-state index contributed by atoms with van der Waals surface area (Å²) in [6.45, 7) is 5.68. The van der Waals surface area contributed by atoms with Gasteiger partial charge in [0.25, 0.3) is 5.89 Å². The Morgan fingerprint density at radius 1 is 1.17 bits per heavy atom. The monoisotopic (exact) mass is 411 g/mol. The number of rotatable bonds is 8. The first kappa shape index (κ1) is 20.7. The number of aromatic nitrogens is 3. The van der Waals surface area contributed by atoms with Crippen molar-refractivity contribution in [1.82, 2.24) is 25.2 Å². The molecule has 1 saturated heterocycles. The first-order chi connectivity index (χ1) is 14.7. The highest BCUT2D eigenvalue weighted by molar-refractivity contribution is 5.77. The molecule has 8 heteroatoms. The van der Waals surface area contributed by atoms with Gasteiger partial charge in [0, 0.05) is 37.8 Å². The van der Waals surface area contributed by atoms with E-state index < -0.39 is 0 Å². The van der Waals surface area contributed by atoms with Gasteiger partial charge in [-0.3, -0.25) is 4.90 Å². The van der Waals surface area contributed by atoms with E-state index in [4.69, 9.17) is 14.0 Å². The number of aliphatic hydroxyl groups is 1. The zero-order valence-corrected chi connectivity index (χ0v) is 17.6. The molecular weight excluding hydrogens is 382 g/mol. The summed E-state index contributed by atoms with van der Waals surface area (Å²) >= 11 is 0. The Kier molecular flexibility index (Phi) is 6.56. The van der Waals surface area contributed by atoms with Crippen LogP contribution in [0.15, 0.2) is 39.3 Å². The molecule has 0 amide bonds. The maximum atomic E-state index is 9.02. The van der Waals surface area contributed by atoms with Crippen molar-refractivity contribution < 1.29 is 14.0 Å². The molecule has 3 heterocycles. The topological polar surface area (TPSA) is 91.7 Å². The van der Waals surface area contributed by atoms with Crippen LogP contribution in [0.4, 0.5) is 0 Å². The lowest BCUT2D eigenvalue weighted by atomic mass is 10.0. The Bertz CT molecular complexity index is 931. The van der Waals surface area contributed by atoms with E-state index >= 15 is 0 Å². The molecule has 0 unspecified atom stereocenters. The number of likely N-dealkylation sites (tertiary alicyclic amines) is 1. The van der Waals surface area contributed by atoms with Gasteiger partial charge in [0.05, 0.1) is 6.54 Å². The summed E-state index contributed by atoms with van der Waals surface area (Å²) in [7, 11) is 2.14. The van der Waals surface area contributed by atoms with Crippen molar-refractivity contribution in [2.75, 3.05) is 33.3 Å². The van der Waals surface area contributed by atoms with Gasteiger partial charge in [0.15, 0.2) is 0 Å². The number of hydrogen-bond donors (Lipinski definition) is 1. The minimum atomic E-state index is 0.250. The van der Waals surface area contributed by atoms with Crippen LogP contribution in [0.5, 0.6) is 0 Å². The molecule has 2 aromatic heterocycles. The van der Waals surface area contributed by atoms with Gasteiger partial charge in [-0.2, -0.15) is 0 Å². The van der Waals surface area contributed by atoms with Gasteiger partial charge >= 0.3 is 0 Å². The summed E-state index contributed by atoms with van der Waals surface area (Å²) in [5, 5.41) is 21.8. The number of nitrogens with zero attached hydrogens (tertiary/aromatic N) is 5. The summed E-state index contributed by atoms with van der Waals surface area (Å²) < 4.78 is 11.4. The molecule has 0 atom stereocenters. The fraction of sp³-hybridized carbons (Fsp3) is 0.500. The molecule has 160 valence electrons. The Hall–Kier alpha value is -2.55. The summed E-state index contributed by atoms with van der Waals surface area (Å²) in [5.74, 6) is 1.72. The molecule has 30 heavy (non-hydrogen) atoms. The van der Waals surface area contributed by atoms with Crippen molar-refractivity contribution in [3.63, 3.8) is 0 Å². The zero-order valence-electron chi connectivity index (χ0n) is 17.6. The van der Waals surface area contributed by atoms with Crippen molar-refractivity contribution in [3.8, 4) is 22.7 Å². The summed E-state index contributed by atoms with van der Waals surface area (Å²) in [5.41, 5.74) is 2.43. The van der Waals surface area contributed by atoms with Crippen molar-refractivity contribution in [2.45, 2.75) is 38.8 Å². The molecule has 1 N–H and O–H groups in total. The van der Waals surface area contributed by atoms with Gasteiger partial charge in [-0.25, -0.2) is 0 Å². The third kappa shape index (κ3) is 4.61. The van der Waals surface area contributed by atoms with Crippen LogP contribution in [0.3, 0.4) is 0 Å². The molecule has 1 fully saturated rings. The predicted octanol–water partition coefficient (Wildman–Crippen LogP) is 2.98. The Morgan fingerprint density at radius 2 is 1.93 bits per heavy atom. The first-order valence-electron chi connectivity index (χ1n) is 10.5. The Morgan fingerprint density at radius 3 is 2.67 bits per heavy atom. The Labute approximate surface area is 176 Å². The van der Waals surface area contributed by atoms with Crippen molar-refractivity contribution in [3.05, 3.63) is 42.0 Å². The van der Waals surface area contributed by atoms with E-state index in [-0.39, 0.29) is 6.61 Å². The lowest BCUT2D eigenvalue weighted by Crippen LogP contribution is -2.43. The lowest BCUT2D eigenvalue weighted by molar-refractivity contribution is 0.112. The van der Waals surface area contributed by atoms with E-state index in [1.807, 2.05) is 37.3 Å². The SMILES string of the molecule is Cc1onc(-c2ccccc2)c1-c1nnc(CN2CCC(N(C)CCCO)CC2)o1. The average Bonchev–Trinajstić information content (AvgIpc) is 3.39. The number of aryl methyl sites for hydroxylation is 1. The molecule has 0 saturated carbocycles. The molecule has 3 aromatic rings. The normalized spacial score (nSPS) is 15.9. The third-order valence-electron chi connectivity index (χ3n) is 5.80. The van der Waals surface area contributed by atoms with E-state index in [1.54, 1.807) is 0 Å². The molecular formula is C22H29N5O3. The van der Waals surface area contributed by atoms with E-state index in [1.165, 1.54) is 0 Å². The number of aliphatic hydroxyl groups excluding tert-OH is 1. The second kappa shape index (κ2) is 9.51. The van der Waals surface area contributed by atoms with Crippen LogP contribution >= 0.6 is 0 Å². The van der Waals surface area contributed by atoms with Gasteiger partial charge in [0.1, 0.15) is 17.0 Å². The standard InChI is InChI=1S/C22H29N5O3/c1-16-20(21(25-30-16)17-7-4-3-5-8-17)22-24-23-19(29-22)15-27-12-9-18(10-13-27)26(2)11-6-14-28/h3-5,7-8,18,28H,6,9-15H2,1-2H3. The fourth-order valence-corrected chi connectivity index (χ4v) is 4.05. The molecule has 1 aromatic carbocycles. The zero-order chi connectivity index (χ0) is 20.9. The summed E-state index contributed by atoms with van der Waals surface area (Å²) in [6, 6.07) is 10.4. The molecule has 0 spiro atoms. The van der Waals surface area contributed by atoms with Gasteiger partial charge in [-0.15, -0.1) is 10.2 Å². The van der Waals surface area contributed by atoms with Crippen LogP contribution in [0, 0.1) is 6.92 Å². The maximum Gasteiger partial charge on any atom is 0.253 e. The second-order valence-corrected chi connectivity index (χ2v) is 7.89. The molecule has 0 aliphatic carbocycles. The van der Waals surface area contributed by atoms with Gasteiger partial charge in [-0.05, 0) is 33.2 Å².